The fraction of sp³-hybridized carbons (Fsp3) is 0.381. The molecule has 5 heterocycles. The molecule has 0 spiro atoms. The highest BCUT2D eigenvalue weighted by Gasteiger charge is 2.45. The van der Waals surface area contributed by atoms with Crippen LogP contribution in [0.15, 0.2) is 29.5 Å². The average molecular weight is 456 g/mol. The highest BCUT2D eigenvalue weighted by atomic mass is 19.1. The average Bonchev–Trinajstić information content (AvgIpc) is 3.39. The zero-order chi connectivity index (χ0) is 23.3. The Bertz CT molecular complexity index is 1320. The Morgan fingerprint density at radius 3 is 2.94 bits per heavy atom. The van der Waals surface area contributed by atoms with Crippen LogP contribution >= 0.6 is 0 Å². The van der Waals surface area contributed by atoms with Crippen LogP contribution < -0.4 is 15.2 Å². The molecule has 1 N–H and O–H groups in total. The summed E-state index contributed by atoms with van der Waals surface area (Å²) in [5, 5.41) is 4.18. The van der Waals surface area contributed by atoms with E-state index < -0.39 is 17.3 Å². The molecule has 1 saturated heterocycles. The number of aromatic nitrogens is 4. The minimum atomic E-state index is -0.574. The van der Waals surface area contributed by atoms with Gasteiger partial charge in [-0.1, -0.05) is 0 Å². The van der Waals surface area contributed by atoms with Crippen molar-refractivity contribution < 1.29 is 23.5 Å². The summed E-state index contributed by atoms with van der Waals surface area (Å²) in [6.07, 6.45) is 3.57. The van der Waals surface area contributed by atoms with Crippen molar-refractivity contribution in [3.63, 3.8) is 0 Å². The lowest BCUT2D eigenvalue weighted by molar-refractivity contribution is -0.128. The molecule has 0 radical (unpaired) electrons. The summed E-state index contributed by atoms with van der Waals surface area (Å²) in [6.45, 7) is 4.12. The first-order valence-electron chi connectivity index (χ1n) is 10.5. The molecule has 2 atom stereocenters. The number of anilines is 1. The summed E-state index contributed by atoms with van der Waals surface area (Å²) in [5.74, 6) is -0.501. The summed E-state index contributed by atoms with van der Waals surface area (Å²) in [5.41, 5.74) is 0.208. The highest BCUT2D eigenvalue weighted by molar-refractivity contribution is 5.96. The molecule has 3 aromatic heterocycles. The zero-order valence-corrected chi connectivity index (χ0v) is 17.9. The van der Waals surface area contributed by atoms with Crippen LogP contribution in [-0.2, 0) is 16.1 Å². The van der Waals surface area contributed by atoms with Crippen LogP contribution in [0.3, 0.4) is 0 Å². The van der Waals surface area contributed by atoms with Gasteiger partial charge in [0.25, 0.3) is 5.56 Å². The molecule has 0 aromatic carbocycles. The molecular weight excluding hydrogens is 435 g/mol. The standard InChI is InChI=1S/C21H21FN6O5/c1-3-32-21(31)14-6-24-28-10-17-19(25-18(14)28)27(7-12-4-13(22)5-23-20(12)30)15-8-26(11(2)29)9-16(15)33-17/h4-6,10,15-16H,3,7-9H2,1-2H3,(H,23,30)/t15-,16+/m1/s1. The number of hydrogen-bond acceptors (Lipinski definition) is 8. The molecule has 0 aliphatic carbocycles. The lowest BCUT2D eigenvalue weighted by atomic mass is 10.1. The Morgan fingerprint density at radius 2 is 2.18 bits per heavy atom. The number of ether oxygens (including phenoxy) is 2. The van der Waals surface area contributed by atoms with E-state index in [1.165, 1.54) is 23.7 Å². The van der Waals surface area contributed by atoms with Gasteiger partial charge in [0.05, 0.1) is 38.1 Å². The number of H-pyrrole nitrogens is 1. The first kappa shape index (κ1) is 20.9. The monoisotopic (exact) mass is 456 g/mol. The van der Waals surface area contributed by atoms with Crippen LogP contribution in [0.2, 0.25) is 0 Å². The maximum Gasteiger partial charge on any atom is 0.343 e. The molecule has 0 saturated carbocycles. The Balaban J connectivity index is 1.62. The van der Waals surface area contributed by atoms with Crippen LogP contribution in [-0.4, -0.2) is 68.2 Å². The molecule has 2 aliphatic rings. The molecule has 172 valence electrons. The highest BCUT2D eigenvalue weighted by Crippen LogP contribution is 2.38. The van der Waals surface area contributed by atoms with E-state index in [4.69, 9.17) is 9.47 Å². The smallest absolute Gasteiger partial charge is 0.343 e. The van der Waals surface area contributed by atoms with Gasteiger partial charge in [-0.25, -0.2) is 18.7 Å². The molecular formula is C21H21FN6O5. The molecule has 1 amide bonds. The SMILES string of the molecule is CCOC(=O)c1cnn2cc3c(nc12)N(Cc1cc(F)c[nH]c1=O)[C@@H]1CN(C(C)=O)C[C@@H]1O3. The number of fused-ring (bicyclic) bond motifs is 3. The summed E-state index contributed by atoms with van der Waals surface area (Å²) in [7, 11) is 0. The van der Waals surface area contributed by atoms with E-state index in [9.17, 15) is 18.8 Å². The van der Waals surface area contributed by atoms with Crippen molar-refractivity contribution in [1.29, 1.82) is 0 Å². The number of carbonyl (C=O) groups is 2. The third kappa shape index (κ3) is 3.56. The normalized spacial score (nSPS) is 19.2. The molecule has 12 heteroatoms. The second-order valence-electron chi connectivity index (χ2n) is 7.92. The molecule has 2 aliphatic heterocycles. The third-order valence-corrected chi connectivity index (χ3v) is 5.85. The van der Waals surface area contributed by atoms with Crippen LogP contribution in [0.1, 0.15) is 29.8 Å². The largest absolute Gasteiger partial charge is 0.481 e. The van der Waals surface area contributed by atoms with Crippen molar-refractivity contribution >= 4 is 23.3 Å². The number of likely N-dealkylation sites (tertiary alicyclic amines) is 1. The lowest BCUT2D eigenvalue weighted by Crippen LogP contribution is -2.49. The van der Waals surface area contributed by atoms with E-state index in [2.05, 4.69) is 15.1 Å². The Labute approximate surface area is 186 Å². The maximum absolute atomic E-state index is 13.9. The van der Waals surface area contributed by atoms with Crippen molar-refractivity contribution in [2.45, 2.75) is 32.5 Å². The summed E-state index contributed by atoms with van der Waals surface area (Å²) in [4.78, 5) is 47.2. The molecule has 11 nitrogen and oxygen atoms in total. The van der Waals surface area contributed by atoms with Gasteiger partial charge in [0, 0.05) is 25.2 Å². The zero-order valence-electron chi connectivity index (χ0n) is 17.9. The predicted molar refractivity (Wildman–Crippen MR) is 113 cm³/mol. The van der Waals surface area contributed by atoms with Gasteiger partial charge in [0.15, 0.2) is 17.2 Å². The van der Waals surface area contributed by atoms with Gasteiger partial charge in [-0.2, -0.15) is 5.10 Å². The van der Waals surface area contributed by atoms with Crippen LogP contribution in [0.25, 0.3) is 5.65 Å². The van der Waals surface area contributed by atoms with E-state index in [-0.39, 0.29) is 48.0 Å². The fourth-order valence-corrected chi connectivity index (χ4v) is 4.27. The minimum absolute atomic E-state index is 0.0302. The van der Waals surface area contributed by atoms with Gasteiger partial charge in [-0.15, -0.1) is 0 Å². The molecule has 0 bridgehead atoms. The number of nitrogens with one attached hydrogen (secondary N) is 1. The lowest BCUT2D eigenvalue weighted by Gasteiger charge is -2.38. The minimum Gasteiger partial charge on any atom is -0.481 e. The number of hydrogen-bond donors (Lipinski definition) is 1. The van der Waals surface area contributed by atoms with Crippen molar-refractivity contribution in [3.8, 4) is 5.75 Å². The number of nitrogens with zero attached hydrogens (tertiary/aromatic N) is 5. The number of pyridine rings is 1. The van der Waals surface area contributed by atoms with Gasteiger partial charge in [0.2, 0.25) is 5.91 Å². The fourth-order valence-electron chi connectivity index (χ4n) is 4.27. The number of amides is 1. The van der Waals surface area contributed by atoms with Crippen LogP contribution in [0.4, 0.5) is 10.2 Å². The van der Waals surface area contributed by atoms with Gasteiger partial charge in [-0.3, -0.25) is 9.59 Å². The van der Waals surface area contributed by atoms with Gasteiger partial charge < -0.3 is 24.3 Å². The first-order valence-corrected chi connectivity index (χ1v) is 10.5. The number of halogens is 1. The maximum atomic E-state index is 13.9. The quantitative estimate of drug-likeness (QED) is 0.571. The van der Waals surface area contributed by atoms with Crippen molar-refractivity contribution in [2.75, 3.05) is 24.6 Å². The molecule has 5 rings (SSSR count). The Morgan fingerprint density at radius 1 is 1.36 bits per heavy atom. The first-order chi connectivity index (χ1) is 15.9. The van der Waals surface area contributed by atoms with Crippen molar-refractivity contribution in [3.05, 3.63) is 52.0 Å². The topological polar surface area (TPSA) is 122 Å². The van der Waals surface area contributed by atoms with E-state index in [0.717, 1.165) is 6.20 Å². The predicted octanol–water partition coefficient (Wildman–Crippen LogP) is 0.732. The Hall–Kier alpha value is -3.96. The number of esters is 1. The number of rotatable bonds is 4. The summed E-state index contributed by atoms with van der Waals surface area (Å²) < 4.78 is 26.5. The third-order valence-electron chi connectivity index (χ3n) is 5.85. The van der Waals surface area contributed by atoms with E-state index in [1.807, 2.05) is 4.90 Å². The van der Waals surface area contributed by atoms with E-state index in [0.29, 0.717) is 24.7 Å². The van der Waals surface area contributed by atoms with Crippen LogP contribution in [0, 0.1) is 5.82 Å². The molecule has 1 fully saturated rings. The summed E-state index contributed by atoms with van der Waals surface area (Å²) in [6, 6.07) is 0.843. The number of aromatic amines is 1. The summed E-state index contributed by atoms with van der Waals surface area (Å²) >= 11 is 0. The number of carbonyl (C=O) groups excluding carboxylic acids is 2. The van der Waals surface area contributed by atoms with Gasteiger partial charge >= 0.3 is 5.97 Å². The van der Waals surface area contributed by atoms with E-state index in [1.54, 1.807) is 18.0 Å². The van der Waals surface area contributed by atoms with E-state index >= 15 is 0 Å². The second kappa shape index (κ2) is 7.87. The second-order valence-corrected chi connectivity index (χ2v) is 7.92. The van der Waals surface area contributed by atoms with Crippen molar-refractivity contribution in [2.24, 2.45) is 0 Å². The van der Waals surface area contributed by atoms with Gasteiger partial charge in [-0.05, 0) is 13.0 Å². The van der Waals surface area contributed by atoms with Crippen molar-refractivity contribution in [1.82, 2.24) is 24.5 Å². The molecule has 3 aromatic rings. The molecule has 33 heavy (non-hydrogen) atoms. The Kier molecular flexibility index (Phi) is 4.99. The van der Waals surface area contributed by atoms with Gasteiger partial charge in [0.1, 0.15) is 17.5 Å². The molecule has 0 unspecified atom stereocenters. The van der Waals surface area contributed by atoms with Crippen LogP contribution in [0.5, 0.6) is 5.75 Å².